The molecule has 3 heterocycles. The average Bonchev–Trinajstić information content (AvgIpc) is 2.96. The number of carbonyl (C=O) groups excluding carboxylic acids is 1. The van der Waals surface area contributed by atoms with E-state index in [0.29, 0.717) is 30.5 Å². The van der Waals surface area contributed by atoms with Crippen LogP contribution in [0.5, 0.6) is 28.7 Å². The Labute approximate surface area is 241 Å². The highest BCUT2D eigenvalue weighted by molar-refractivity contribution is 5.99. The standard InChI is InChI=1S/C34H37NO6/c1-34(2,3)33(37)40-25-12-14-27-29(20-25)39-21-28-26-13-9-23(36)19-30(26)41-32(31(27)28)22-7-10-24(11-8-22)38-18-17-35-15-5-4-6-16-35/h7-14,19-20,32,36H,4-6,15-18,21H2,1-3H3. The smallest absolute Gasteiger partial charge is 0.316 e. The Morgan fingerprint density at radius 2 is 1.66 bits per heavy atom. The second-order valence-corrected chi connectivity index (χ2v) is 12.0. The van der Waals surface area contributed by atoms with E-state index in [1.807, 2.05) is 57.2 Å². The van der Waals surface area contributed by atoms with Crippen molar-refractivity contribution in [3.63, 3.8) is 0 Å². The van der Waals surface area contributed by atoms with Crippen molar-refractivity contribution in [2.75, 3.05) is 32.8 Å². The van der Waals surface area contributed by atoms with Crippen LogP contribution >= 0.6 is 0 Å². The number of phenols is 1. The molecule has 41 heavy (non-hydrogen) atoms. The van der Waals surface area contributed by atoms with Crippen LogP contribution in [0.1, 0.15) is 62.8 Å². The molecule has 0 bridgehead atoms. The highest BCUT2D eigenvalue weighted by atomic mass is 16.5. The third-order valence-electron chi connectivity index (χ3n) is 7.87. The van der Waals surface area contributed by atoms with Gasteiger partial charge >= 0.3 is 5.97 Å². The lowest BCUT2D eigenvalue weighted by atomic mass is 9.84. The molecule has 7 nitrogen and oxygen atoms in total. The van der Waals surface area contributed by atoms with E-state index in [2.05, 4.69) is 4.90 Å². The van der Waals surface area contributed by atoms with E-state index in [1.165, 1.54) is 19.3 Å². The van der Waals surface area contributed by atoms with Gasteiger partial charge in [0.2, 0.25) is 0 Å². The third kappa shape index (κ3) is 5.77. The van der Waals surface area contributed by atoms with Crippen LogP contribution in [0.25, 0.3) is 11.1 Å². The first kappa shape index (κ1) is 27.2. The number of aromatic hydroxyl groups is 1. The van der Waals surface area contributed by atoms with Gasteiger partial charge in [-0.15, -0.1) is 0 Å². The highest BCUT2D eigenvalue weighted by Gasteiger charge is 2.36. The maximum Gasteiger partial charge on any atom is 0.316 e. The molecule has 3 aromatic rings. The van der Waals surface area contributed by atoms with Crippen LogP contribution in [0.15, 0.2) is 60.7 Å². The van der Waals surface area contributed by atoms with E-state index < -0.39 is 11.5 Å². The molecular formula is C34H37NO6. The van der Waals surface area contributed by atoms with Gasteiger partial charge in [-0.2, -0.15) is 0 Å². The zero-order valence-electron chi connectivity index (χ0n) is 23.9. The summed E-state index contributed by atoms with van der Waals surface area (Å²) in [6, 6.07) is 18.7. The number of fused-ring (bicyclic) bond motifs is 4. The molecule has 0 saturated carbocycles. The van der Waals surface area contributed by atoms with Crippen LogP contribution in [0.4, 0.5) is 0 Å². The van der Waals surface area contributed by atoms with E-state index in [-0.39, 0.29) is 11.7 Å². The number of phenolic OH excluding ortho intramolecular Hbond substituents is 1. The summed E-state index contributed by atoms with van der Waals surface area (Å²) in [5, 5.41) is 10.2. The SMILES string of the molecule is CC(C)(C)C(=O)Oc1ccc2c(c1)OCC1=C2C(c2ccc(OCCN3CCCCC3)cc2)Oc2cc(O)ccc21. The Bertz CT molecular complexity index is 1460. The predicted molar refractivity (Wildman–Crippen MR) is 158 cm³/mol. The number of likely N-dealkylation sites (tertiary alicyclic amines) is 1. The van der Waals surface area contributed by atoms with Crippen molar-refractivity contribution in [2.45, 2.75) is 46.1 Å². The fraction of sp³-hybridized carbons (Fsp3) is 0.382. The van der Waals surface area contributed by atoms with E-state index in [9.17, 15) is 9.90 Å². The molecule has 214 valence electrons. The Balaban J connectivity index is 1.28. The Kier molecular flexibility index (Phi) is 7.39. The van der Waals surface area contributed by atoms with Crippen molar-refractivity contribution in [3.8, 4) is 28.7 Å². The summed E-state index contributed by atoms with van der Waals surface area (Å²) in [4.78, 5) is 14.9. The first-order chi connectivity index (χ1) is 19.8. The minimum absolute atomic E-state index is 0.145. The largest absolute Gasteiger partial charge is 0.508 e. The van der Waals surface area contributed by atoms with Crippen molar-refractivity contribution in [2.24, 2.45) is 5.41 Å². The maximum absolute atomic E-state index is 12.5. The number of benzene rings is 3. The summed E-state index contributed by atoms with van der Waals surface area (Å²) in [6.07, 6.45) is 3.44. The first-order valence-electron chi connectivity index (χ1n) is 14.4. The summed E-state index contributed by atoms with van der Waals surface area (Å²) in [7, 11) is 0. The molecule has 0 amide bonds. The third-order valence-corrected chi connectivity index (χ3v) is 7.87. The summed E-state index contributed by atoms with van der Waals surface area (Å²) in [6.45, 7) is 9.71. The first-order valence-corrected chi connectivity index (χ1v) is 14.4. The molecule has 1 atom stereocenters. The normalized spacial score (nSPS) is 18.4. The molecule has 0 aromatic heterocycles. The van der Waals surface area contributed by atoms with Crippen molar-refractivity contribution in [3.05, 3.63) is 77.4 Å². The zero-order chi connectivity index (χ0) is 28.6. The van der Waals surface area contributed by atoms with E-state index >= 15 is 0 Å². The number of hydrogen-bond acceptors (Lipinski definition) is 7. The number of hydrogen-bond donors (Lipinski definition) is 1. The lowest BCUT2D eigenvalue weighted by molar-refractivity contribution is -0.143. The summed E-state index contributed by atoms with van der Waals surface area (Å²) >= 11 is 0. The van der Waals surface area contributed by atoms with Gasteiger partial charge in [-0.25, -0.2) is 0 Å². The highest BCUT2D eigenvalue weighted by Crippen LogP contribution is 2.52. The molecule has 1 unspecified atom stereocenters. The second kappa shape index (κ2) is 11.1. The Morgan fingerprint density at radius 1 is 0.927 bits per heavy atom. The Hall–Kier alpha value is -3.97. The second-order valence-electron chi connectivity index (χ2n) is 12.0. The number of esters is 1. The van der Waals surface area contributed by atoms with Crippen molar-refractivity contribution >= 4 is 17.1 Å². The van der Waals surface area contributed by atoms with Gasteiger partial charge in [-0.3, -0.25) is 9.69 Å². The van der Waals surface area contributed by atoms with Gasteiger partial charge in [0.1, 0.15) is 42.0 Å². The number of rotatable bonds is 6. The minimum atomic E-state index is -0.618. The lowest BCUT2D eigenvalue weighted by Gasteiger charge is -2.35. The van der Waals surface area contributed by atoms with E-state index in [0.717, 1.165) is 53.2 Å². The van der Waals surface area contributed by atoms with Crippen molar-refractivity contribution in [1.29, 1.82) is 0 Å². The fourth-order valence-electron chi connectivity index (χ4n) is 5.57. The molecule has 3 aliphatic heterocycles. The van der Waals surface area contributed by atoms with Crippen LogP contribution in [0, 0.1) is 5.41 Å². The van der Waals surface area contributed by atoms with Gasteiger partial charge in [0, 0.05) is 41.0 Å². The Morgan fingerprint density at radius 3 is 2.41 bits per heavy atom. The molecular weight excluding hydrogens is 518 g/mol. The minimum Gasteiger partial charge on any atom is -0.508 e. The molecule has 0 aliphatic carbocycles. The topological polar surface area (TPSA) is 77.5 Å². The average molecular weight is 556 g/mol. The van der Waals surface area contributed by atoms with Crippen LogP contribution < -0.4 is 18.9 Å². The van der Waals surface area contributed by atoms with Gasteiger partial charge in [0.25, 0.3) is 0 Å². The van der Waals surface area contributed by atoms with E-state index in [1.54, 1.807) is 24.3 Å². The van der Waals surface area contributed by atoms with Crippen LogP contribution in [-0.2, 0) is 4.79 Å². The molecule has 1 saturated heterocycles. The monoisotopic (exact) mass is 555 g/mol. The van der Waals surface area contributed by atoms with Crippen LogP contribution in [0.2, 0.25) is 0 Å². The summed E-state index contributed by atoms with van der Waals surface area (Å²) in [5.41, 5.74) is 4.12. The number of piperidine rings is 1. The lowest BCUT2D eigenvalue weighted by Crippen LogP contribution is -2.33. The molecule has 7 heteroatoms. The number of ether oxygens (including phenoxy) is 4. The fourth-order valence-corrected chi connectivity index (χ4v) is 5.57. The predicted octanol–water partition coefficient (Wildman–Crippen LogP) is 6.65. The molecule has 0 spiro atoms. The van der Waals surface area contributed by atoms with Gasteiger partial charge in [-0.1, -0.05) is 18.6 Å². The van der Waals surface area contributed by atoms with Gasteiger partial charge in [0.15, 0.2) is 6.10 Å². The van der Waals surface area contributed by atoms with Crippen LogP contribution in [-0.4, -0.2) is 48.8 Å². The molecule has 6 rings (SSSR count). The van der Waals surface area contributed by atoms with Crippen LogP contribution in [0.3, 0.4) is 0 Å². The van der Waals surface area contributed by atoms with E-state index in [4.69, 9.17) is 18.9 Å². The number of nitrogens with zero attached hydrogens (tertiary/aromatic N) is 1. The molecule has 3 aliphatic rings. The zero-order valence-corrected chi connectivity index (χ0v) is 23.9. The summed E-state index contributed by atoms with van der Waals surface area (Å²) in [5.74, 6) is 2.35. The molecule has 1 N–H and O–H groups in total. The van der Waals surface area contributed by atoms with Crippen molar-refractivity contribution in [1.82, 2.24) is 4.90 Å². The molecule has 1 fully saturated rings. The van der Waals surface area contributed by atoms with Gasteiger partial charge in [-0.05, 0) is 88.7 Å². The number of carbonyl (C=O) groups is 1. The molecule has 0 radical (unpaired) electrons. The maximum atomic E-state index is 12.5. The quantitative estimate of drug-likeness (QED) is 0.270. The summed E-state index contributed by atoms with van der Waals surface area (Å²) < 4.78 is 24.5. The van der Waals surface area contributed by atoms with Crippen molar-refractivity contribution < 1.29 is 28.8 Å². The molecule has 3 aromatic carbocycles. The van der Waals surface area contributed by atoms with Gasteiger partial charge in [0.05, 0.1) is 5.41 Å². The van der Waals surface area contributed by atoms with Gasteiger partial charge < -0.3 is 24.1 Å².